The molecule has 1 heterocycles. The highest BCUT2D eigenvalue weighted by Crippen LogP contribution is 2.18. The average molecular weight is 196 g/mol. The topological polar surface area (TPSA) is 56.0 Å². The van der Waals surface area contributed by atoms with Gasteiger partial charge in [0.15, 0.2) is 5.82 Å². The number of Topliss-reactive ketones (excluding diaryl/α,β-unsaturated/α-hetero) is 1. The number of rotatable bonds is 3. The Kier molecular flexibility index (Phi) is 3.03. The fraction of sp³-hybridized carbons (Fsp3) is 0.700. The van der Waals surface area contributed by atoms with Crippen LogP contribution in [-0.2, 0) is 16.6 Å². The summed E-state index contributed by atoms with van der Waals surface area (Å²) >= 11 is 0. The standard InChI is InChI=1S/C10H16N2O2/c1-7(13)5-6-8-11-9(12-14-8)10(2,3)4/h5-6H2,1-4H3. The van der Waals surface area contributed by atoms with Gasteiger partial charge in [-0.15, -0.1) is 0 Å². The van der Waals surface area contributed by atoms with Crippen LogP contribution in [-0.4, -0.2) is 15.9 Å². The number of hydrogen-bond acceptors (Lipinski definition) is 4. The highest BCUT2D eigenvalue weighted by Gasteiger charge is 2.20. The summed E-state index contributed by atoms with van der Waals surface area (Å²) in [7, 11) is 0. The van der Waals surface area contributed by atoms with Crippen LogP contribution >= 0.6 is 0 Å². The quantitative estimate of drug-likeness (QED) is 0.740. The molecule has 0 radical (unpaired) electrons. The molecule has 0 aliphatic heterocycles. The van der Waals surface area contributed by atoms with Gasteiger partial charge in [-0.25, -0.2) is 0 Å². The van der Waals surface area contributed by atoms with Gasteiger partial charge in [0.25, 0.3) is 0 Å². The molecule has 0 aliphatic carbocycles. The number of hydrogen-bond donors (Lipinski definition) is 0. The van der Waals surface area contributed by atoms with Gasteiger partial charge in [-0.2, -0.15) is 4.98 Å². The number of aryl methyl sites for hydroxylation is 1. The second-order valence-electron chi connectivity index (χ2n) is 4.46. The molecule has 0 saturated heterocycles. The van der Waals surface area contributed by atoms with Crippen molar-refractivity contribution in [2.75, 3.05) is 0 Å². The van der Waals surface area contributed by atoms with Crippen LogP contribution in [0, 0.1) is 0 Å². The fourth-order valence-corrected chi connectivity index (χ4v) is 0.944. The molecule has 0 saturated carbocycles. The minimum Gasteiger partial charge on any atom is -0.339 e. The van der Waals surface area contributed by atoms with Crippen molar-refractivity contribution in [3.8, 4) is 0 Å². The molecular weight excluding hydrogens is 180 g/mol. The first-order valence-corrected chi connectivity index (χ1v) is 4.72. The smallest absolute Gasteiger partial charge is 0.227 e. The van der Waals surface area contributed by atoms with Crippen LogP contribution < -0.4 is 0 Å². The zero-order valence-electron chi connectivity index (χ0n) is 9.13. The molecule has 0 unspecified atom stereocenters. The third-order valence-electron chi connectivity index (χ3n) is 1.83. The van der Waals surface area contributed by atoms with Crippen LogP contribution in [0.3, 0.4) is 0 Å². The number of carbonyl (C=O) groups excluding carboxylic acids is 1. The Labute approximate surface area is 83.7 Å². The summed E-state index contributed by atoms with van der Waals surface area (Å²) in [4.78, 5) is 15.0. The Balaban J connectivity index is 2.64. The summed E-state index contributed by atoms with van der Waals surface area (Å²) in [6, 6.07) is 0. The van der Waals surface area contributed by atoms with E-state index in [9.17, 15) is 4.79 Å². The van der Waals surface area contributed by atoms with Gasteiger partial charge in [-0.1, -0.05) is 25.9 Å². The van der Waals surface area contributed by atoms with Crippen LogP contribution in [0.4, 0.5) is 0 Å². The van der Waals surface area contributed by atoms with Crippen molar-refractivity contribution in [2.24, 2.45) is 0 Å². The summed E-state index contributed by atoms with van der Waals surface area (Å²) in [6.45, 7) is 7.62. The second-order valence-corrected chi connectivity index (χ2v) is 4.46. The van der Waals surface area contributed by atoms with E-state index in [0.29, 0.717) is 24.6 Å². The Morgan fingerprint density at radius 2 is 2.07 bits per heavy atom. The summed E-state index contributed by atoms with van der Waals surface area (Å²) in [5.74, 6) is 1.38. The molecule has 0 aliphatic rings. The van der Waals surface area contributed by atoms with Crippen LogP contribution in [0.15, 0.2) is 4.52 Å². The second kappa shape index (κ2) is 3.90. The maximum Gasteiger partial charge on any atom is 0.227 e. The zero-order chi connectivity index (χ0) is 10.8. The van der Waals surface area contributed by atoms with Crippen molar-refractivity contribution in [1.29, 1.82) is 0 Å². The SMILES string of the molecule is CC(=O)CCc1nc(C(C)(C)C)no1. The molecule has 0 amide bonds. The molecule has 14 heavy (non-hydrogen) atoms. The lowest BCUT2D eigenvalue weighted by atomic mass is 9.96. The number of ketones is 1. The first kappa shape index (κ1) is 10.9. The van der Waals surface area contributed by atoms with Gasteiger partial charge in [0.05, 0.1) is 0 Å². The molecule has 0 fully saturated rings. The number of aromatic nitrogens is 2. The predicted molar refractivity (Wildman–Crippen MR) is 52.0 cm³/mol. The molecule has 0 N–H and O–H groups in total. The molecule has 78 valence electrons. The fourth-order valence-electron chi connectivity index (χ4n) is 0.944. The van der Waals surface area contributed by atoms with Crippen molar-refractivity contribution < 1.29 is 9.32 Å². The minimum atomic E-state index is -0.0992. The van der Waals surface area contributed by atoms with Crippen molar-refractivity contribution in [2.45, 2.75) is 46.0 Å². The lowest BCUT2D eigenvalue weighted by Gasteiger charge is -2.10. The van der Waals surface area contributed by atoms with Crippen LogP contribution in [0.5, 0.6) is 0 Å². The molecule has 1 rings (SSSR count). The summed E-state index contributed by atoms with van der Waals surface area (Å²) in [6.07, 6.45) is 1.00. The summed E-state index contributed by atoms with van der Waals surface area (Å²) in [5.41, 5.74) is -0.0992. The maximum atomic E-state index is 10.7. The number of carbonyl (C=O) groups is 1. The van der Waals surface area contributed by atoms with Gasteiger partial charge >= 0.3 is 0 Å². The van der Waals surface area contributed by atoms with Crippen molar-refractivity contribution in [1.82, 2.24) is 10.1 Å². The highest BCUT2D eigenvalue weighted by molar-refractivity contribution is 5.75. The summed E-state index contributed by atoms with van der Waals surface area (Å²) < 4.78 is 5.03. The molecule has 0 aromatic carbocycles. The van der Waals surface area contributed by atoms with Crippen LogP contribution in [0.2, 0.25) is 0 Å². The Morgan fingerprint density at radius 1 is 1.43 bits per heavy atom. The van der Waals surface area contributed by atoms with E-state index in [1.54, 1.807) is 6.92 Å². The van der Waals surface area contributed by atoms with E-state index in [4.69, 9.17) is 4.52 Å². The minimum absolute atomic E-state index is 0.0992. The number of nitrogens with zero attached hydrogens (tertiary/aromatic N) is 2. The monoisotopic (exact) mass is 196 g/mol. The van der Waals surface area contributed by atoms with Gasteiger partial charge in [0.1, 0.15) is 5.78 Å². The van der Waals surface area contributed by atoms with Gasteiger partial charge in [-0.3, -0.25) is 0 Å². The van der Waals surface area contributed by atoms with E-state index in [0.717, 1.165) is 0 Å². The molecule has 0 bridgehead atoms. The van der Waals surface area contributed by atoms with Crippen molar-refractivity contribution in [3.05, 3.63) is 11.7 Å². The first-order valence-electron chi connectivity index (χ1n) is 4.72. The normalized spacial score (nSPS) is 11.7. The van der Waals surface area contributed by atoms with E-state index in [1.807, 2.05) is 20.8 Å². The predicted octanol–water partition coefficient (Wildman–Crippen LogP) is 1.89. The van der Waals surface area contributed by atoms with Gasteiger partial charge in [-0.05, 0) is 6.92 Å². The van der Waals surface area contributed by atoms with Gasteiger partial charge in [0.2, 0.25) is 5.89 Å². The molecule has 0 atom stereocenters. The van der Waals surface area contributed by atoms with E-state index < -0.39 is 0 Å². The highest BCUT2D eigenvalue weighted by atomic mass is 16.5. The Morgan fingerprint density at radius 3 is 2.50 bits per heavy atom. The van der Waals surface area contributed by atoms with Gasteiger partial charge < -0.3 is 9.32 Å². The van der Waals surface area contributed by atoms with Crippen molar-refractivity contribution in [3.63, 3.8) is 0 Å². The van der Waals surface area contributed by atoms with E-state index in [1.165, 1.54) is 0 Å². The molecule has 1 aromatic heterocycles. The molecule has 1 aromatic rings. The largest absolute Gasteiger partial charge is 0.339 e. The third-order valence-corrected chi connectivity index (χ3v) is 1.83. The Bertz CT molecular complexity index is 323. The first-order chi connectivity index (χ1) is 6.39. The maximum absolute atomic E-state index is 10.7. The molecule has 0 spiro atoms. The average Bonchev–Trinajstić information content (AvgIpc) is 2.47. The Hall–Kier alpha value is -1.19. The lowest BCUT2D eigenvalue weighted by Crippen LogP contribution is -2.13. The van der Waals surface area contributed by atoms with Gasteiger partial charge in [0, 0.05) is 18.3 Å². The van der Waals surface area contributed by atoms with E-state index >= 15 is 0 Å². The van der Waals surface area contributed by atoms with Crippen LogP contribution in [0.1, 0.15) is 45.8 Å². The van der Waals surface area contributed by atoms with E-state index in [-0.39, 0.29) is 11.2 Å². The van der Waals surface area contributed by atoms with E-state index in [2.05, 4.69) is 10.1 Å². The molecular formula is C10H16N2O2. The lowest BCUT2D eigenvalue weighted by molar-refractivity contribution is -0.117. The summed E-state index contributed by atoms with van der Waals surface area (Å²) in [5, 5.41) is 3.87. The van der Waals surface area contributed by atoms with Crippen LogP contribution in [0.25, 0.3) is 0 Å². The molecule has 4 heteroatoms. The van der Waals surface area contributed by atoms with Crippen molar-refractivity contribution >= 4 is 5.78 Å². The molecule has 4 nitrogen and oxygen atoms in total. The third kappa shape index (κ3) is 2.94. The zero-order valence-corrected chi connectivity index (χ0v) is 9.13.